The van der Waals surface area contributed by atoms with Crippen molar-refractivity contribution in [1.29, 1.82) is 0 Å². The zero-order valence-corrected chi connectivity index (χ0v) is 22.6. The number of β-lactam (4-membered cyclic amide) rings is 1. The highest BCUT2D eigenvalue weighted by atomic mass is 35.5. The number of benzene rings is 2. The maximum Gasteiger partial charge on any atom is 0.356 e. The molecule has 0 spiro atoms. The van der Waals surface area contributed by atoms with Crippen LogP contribution >= 0.6 is 23.2 Å². The first-order valence-corrected chi connectivity index (χ1v) is 13.3. The van der Waals surface area contributed by atoms with Crippen LogP contribution < -0.4 is 14.8 Å². The van der Waals surface area contributed by atoms with Gasteiger partial charge < -0.3 is 24.6 Å². The molecule has 2 atom stereocenters. The summed E-state index contributed by atoms with van der Waals surface area (Å²) in [7, 11) is -1.22. The number of halogens is 1. The van der Waals surface area contributed by atoms with Gasteiger partial charge in [-0.2, -0.15) is 0 Å². The summed E-state index contributed by atoms with van der Waals surface area (Å²) >= 11 is 0. The Kier molecular flexibility index (Phi) is 9.84. The molecule has 200 valence electrons. The number of carbonyl (C=O) groups is 3. The van der Waals surface area contributed by atoms with E-state index in [9.17, 15) is 27.9 Å². The molecule has 0 aliphatic carbocycles. The normalized spacial score (nSPS) is 17.7. The van der Waals surface area contributed by atoms with Gasteiger partial charge in [0.05, 0.1) is 14.2 Å². The van der Waals surface area contributed by atoms with E-state index in [4.69, 9.17) is 14.2 Å². The lowest BCUT2D eigenvalue weighted by atomic mass is 10.1. The Morgan fingerprint density at radius 2 is 1.68 bits per heavy atom. The predicted octanol–water partition coefficient (Wildman–Crippen LogP) is 2.97. The molecule has 2 aromatic rings. The minimum Gasteiger partial charge on any atom is -0.499 e. The number of allylic oxidation sites excluding steroid dienone is 1. The third-order valence-corrected chi connectivity index (χ3v) is 8.79. The Morgan fingerprint density at radius 1 is 1.08 bits per heavy atom. The van der Waals surface area contributed by atoms with Crippen LogP contribution in [0.1, 0.15) is 13.8 Å². The Labute approximate surface area is 223 Å². The summed E-state index contributed by atoms with van der Waals surface area (Å²) < 4.78 is 41.0. The fourth-order valence-electron chi connectivity index (χ4n) is 3.36. The van der Waals surface area contributed by atoms with E-state index in [1.165, 1.54) is 46.3 Å². The van der Waals surface area contributed by atoms with Gasteiger partial charge in [0.1, 0.15) is 39.3 Å². The molecule has 14 heteroatoms. The highest BCUT2D eigenvalue weighted by Gasteiger charge is 2.54. The van der Waals surface area contributed by atoms with Gasteiger partial charge >= 0.3 is 5.97 Å². The first-order chi connectivity index (χ1) is 17.0. The van der Waals surface area contributed by atoms with Crippen molar-refractivity contribution in [2.24, 2.45) is 0 Å². The van der Waals surface area contributed by atoms with Crippen LogP contribution in [0.15, 0.2) is 64.9 Å². The van der Waals surface area contributed by atoms with E-state index in [1.54, 1.807) is 6.07 Å². The molecule has 0 radical (unpaired) electrons. The topological polar surface area (TPSA) is 149 Å². The molecule has 2 amide bonds. The fraction of sp³-hybridized carbons (Fsp3) is 0.261. The lowest BCUT2D eigenvalue weighted by Crippen LogP contribution is -2.69. The molecule has 37 heavy (non-hydrogen) atoms. The maximum atomic E-state index is 13.0. The predicted molar refractivity (Wildman–Crippen MR) is 137 cm³/mol. The number of nitrogens with zero attached hydrogens (tertiary/aromatic N) is 1. The first-order valence-electron chi connectivity index (χ1n) is 10.4. The van der Waals surface area contributed by atoms with Gasteiger partial charge in [-0.3, -0.25) is 14.5 Å². The molecule has 2 bridgehead atoms. The van der Waals surface area contributed by atoms with Crippen LogP contribution in [0, 0.1) is 0 Å². The number of amides is 2. The average molecular weight is 573 g/mol. The monoisotopic (exact) mass is 572 g/mol. The summed E-state index contributed by atoms with van der Waals surface area (Å²) in [5.74, 6) is -0.827. The van der Waals surface area contributed by atoms with Crippen molar-refractivity contribution in [2.75, 3.05) is 14.2 Å². The average Bonchev–Trinajstić information content (AvgIpc) is 2.84. The molecule has 1 saturated heterocycles. The summed E-state index contributed by atoms with van der Waals surface area (Å²) in [5.41, 5.74) is -0.508. The number of carbonyl (C=O) groups excluding carboxylic acids is 2. The molecule has 0 saturated carbocycles. The number of carboxylic acids is 1. The quantitative estimate of drug-likeness (QED) is 0.178. The standard InChI is InChI=1S/C17H20N2O8S2.C6H4O.ClH/c1-9(26-3)14(17(22)23)19-15(21)13(18-10(2)20)16(19)28-29(24,25)12-8-6-5-7-11(12)27-4;1-2-5-4-6(3-1)7-5;/h5-8,13,16H,1-4H3,(H,18,20)(H,22,23);1-4H;1H. The van der Waals surface area contributed by atoms with Crippen molar-refractivity contribution >= 4 is 49.9 Å². The van der Waals surface area contributed by atoms with Crippen LogP contribution in [0.3, 0.4) is 0 Å². The highest BCUT2D eigenvalue weighted by molar-refractivity contribution is 8.72. The van der Waals surface area contributed by atoms with Gasteiger partial charge in [-0.15, -0.1) is 12.4 Å². The number of hydrogen-bond donors (Lipinski definition) is 2. The number of rotatable bonds is 8. The largest absolute Gasteiger partial charge is 0.499 e. The molecule has 2 unspecified atom stereocenters. The van der Waals surface area contributed by atoms with Crippen LogP contribution in [0.25, 0.3) is 0 Å². The molecule has 5 rings (SSSR count). The van der Waals surface area contributed by atoms with Crippen LogP contribution in [0.5, 0.6) is 17.2 Å². The second-order valence-electron chi connectivity index (χ2n) is 7.47. The number of carboxylic acid groups (broad SMARTS) is 1. The first kappa shape index (κ1) is 29.8. The number of aliphatic carboxylic acids is 1. The van der Waals surface area contributed by atoms with E-state index in [2.05, 4.69) is 5.32 Å². The lowest BCUT2D eigenvalue weighted by Gasteiger charge is -2.45. The number of likely N-dealkylation sites (tertiary alicyclic amines) is 1. The van der Waals surface area contributed by atoms with Crippen LogP contribution in [0.4, 0.5) is 0 Å². The summed E-state index contributed by atoms with van der Waals surface area (Å²) in [5, 5.41) is 10.6. The highest BCUT2D eigenvalue weighted by Crippen LogP contribution is 2.42. The van der Waals surface area contributed by atoms with Crippen molar-refractivity contribution in [1.82, 2.24) is 10.2 Å². The van der Waals surface area contributed by atoms with Crippen LogP contribution in [0.2, 0.25) is 0 Å². The molecule has 3 aliphatic heterocycles. The number of para-hydroxylation sites is 1. The van der Waals surface area contributed by atoms with E-state index in [-0.39, 0.29) is 28.8 Å². The van der Waals surface area contributed by atoms with Gasteiger partial charge in [-0.1, -0.05) is 18.2 Å². The Morgan fingerprint density at radius 3 is 2.11 bits per heavy atom. The van der Waals surface area contributed by atoms with Crippen molar-refractivity contribution in [3.8, 4) is 17.2 Å². The lowest BCUT2D eigenvalue weighted by molar-refractivity contribution is -0.150. The number of nitrogens with one attached hydrogen (secondary N) is 1. The van der Waals surface area contributed by atoms with E-state index < -0.39 is 43.8 Å². The Hall–Kier alpha value is -3.42. The third-order valence-electron chi connectivity index (χ3n) is 5.09. The van der Waals surface area contributed by atoms with Crippen molar-refractivity contribution in [3.63, 3.8) is 0 Å². The van der Waals surface area contributed by atoms with Crippen molar-refractivity contribution in [3.05, 3.63) is 60.0 Å². The van der Waals surface area contributed by atoms with Gasteiger partial charge in [0, 0.05) is 23.8 Å². The SMILES string of the molecule is COC(C)=C(C(=O)O)N1C(=O)C(NC(C)=O)C1SS(=O)(=O)c1ccccc1OC.Cl.c1cc2cc(c1)O2. The summed E-state index contributed by atoms with van der Waals surface area (Å²) in [6.45, 7) is 2.50. The Balaban J connectivity index is 0.000000509. The van der Waals surface area contributed by atoms with Gasteiger partial charge in [0.15, 0.2) is 5.70 Å². The fourth-order valence-corrected chi connectivity index (χ4v) is 7.05. The number of ether oxygens (including phenoxy) is 3. The number of hydrogen-bond acceptors (Lipinski definition) is 9. The minimum atomic E-state index is -4.09. The molecule has 0 aromatic heterocycles. The Bertz CT molecular complexity index is 1310. The van der Waals surface area contributed by atoms with Crippen molar-refractivity contribution < 1.29 is 42.1 Å². The maximum absolute atomic E-state index is 13.0. The zero-order valence-electron chi connectivity index (χ0n) is 20.2. The van der Waals surface area contributed by atoms with Gasteiger partial charge in [-0.25, -0.2) is 13.2 Å². The molecule has 3 heterocycles. The molecule has 2 N–H and O–H groups in total. The third kappa shape index (κ3) is 6.48. The zero-order chi connectivity index (χ0) is 26.6. The second kappa shape index (κ2) is 12.2. The molecule has 1 fully saturated rings. The van der Waals surface area contributed by atoms with Gasteiger partial charge in [0.2, 0.25) is 14.8 Å². The molecule has 11 nitrogen and oxygen atoms in total. The molecule has 2 aromatic carbocycles. The van der Waals surface area contributed by atoms with E-state index in [0.29, 0.717) is 10.8 Å². The van der Waals surface area contributed by atoms with Crippen molar-refractivity contribution in [2.45, 2.75) is 30.2 Å². The summed E-state index contributed by atoms with van der Waals surface area (Å²) in [6, 6.07) is 12.5. The van der Waals surface area contributed by atoms with Gasteiger partial charge in [0.25, 0.3) is 5.91 Å². The number of fused-ring (bicyclic) bond motifs is 2. The van der Waals surface area contributed by atoms with E-state index >= 15 is 0 Å². The molecular weight excluding hydrogens is 548 g/mol. The van der Waals surface area contributed by atoms with E-state index in [1.807, 2.05) is 24.3 Å². The number of methoxy groups -OCH3 is 2. The molecule has 3 aliphatic rings. The van der Waals surface area contributed by atoms with E-state index in [0.717, 1.165) is 16.4 Å². The van der Waals surface area contributed by atoms with Crippen LogP contribution in [-0.2, 0) is 28.0 Å². The van der Waals surface area contributed by atoms with Crippen LogP contribution in [-0.4, -0.2) is 61.8 Å². The second-order valence-corrected chi connectivity index (χ2v) is 11.4. The summed E-state index contributed by atoms with van der Waals surface area (Å²) in [4.78, 5) is 36.3. The smallest absolute Gasteiger partial charge is 0.356 e. The molecular formula is C23H25ClN2O9S2. The van der Waals surface area contributed by atoms with Gasteiger partial charge in [-0.05, 0) is 31.2 Å². The minimum absolute atomic E-state index is 0. The summed E-state index contributed by atoms with van der Waals surface area (Å²) in [6.07, 6.45) is 0.